The summed E-state index contributed by atoms with van der Waals surface area (Å²) >= 11 is 0. The number of hydrogen-bond donors (Lipinski definition) is 0. The van der Waals surface area contributed by atoms with Crippen LogP contribution in [-0.2, 0) is 6.42 Å². The lowest BCUT2D eigenvalue weighted by Crippen LogP contribution is -2.49. The van der Waals surface area contributed by atoms with Gasteiger partial charge in [0.15, 0.2) is 0 Å². The number of benzene rings is 10. The summed E-state index contributed by atoms with van der Waals surface area (Å²) < 4.78 is 0. The van der Waals surface area contributed by atoms with Crippen molar-refractivity contribution in [3.63, 3.8) is 0 Å². The molecule has 10 aromatic carbocycles. The number of allylic oxidation sites excluding steroid dienone is 3. The largest absolute Gasteiger partial charge is 0.113 e. The molecule has 59 heavy (non-hydrogen) atoms. The Bertz CT molecular complexity index is 3580. The first-order chi connectivity index (χ1) is 29.0. The Morgan fingerprint density at radius 2 is 1.07 bits per heavy atom. The first-order valence-electron chi connectivity index (χ1n) is 21.1. The molecule has 0 radical (unpaired) electrons. The Morgan fingerprint density at radius 1 is 0.407 bits per heavy atom. The molecule has 0 N–H and O–H groups in total. The van der Waals surface area contributed by atoms with Crippen LogP contribution in [0.3, 0.4) is 0 Å². The van der Waals surface area contributed by atoms with Crippen LogP contribution in [0.5, 0.6) is 0 Å². The van der Waals surface area contributed by atoms with Gasteiger partial charge in [-0.05, 0) is 174 Å². The molecule has 13 rings (SSSR count). The van der Waals surface area contributed by atoms with Crippen LogP contribution in [0, 0.1) is 0 Å². The second-order valence-corrected chi connectivity index (χ2v) is 21.8. The average molecular weight is 765 g/mol. The smallest absolute Gasteiger partial charge is 0.0795 e. The maximum absolute atomic E-state index is 2.63. The van der Waals surface area contributed by atoms with E-state index in [2.05, 4.69) is 195 Å². The Morgan fingerprint density at radius 3 is 1.85 bits per heavy atom. The van der Waals surface area contributed by atoms with Gasteiger partial charge < -0.3 is 0 Å². The Kier molecular flexibility index (Phi) is 6.82. The summed E-state index contributed by atoms with van der Waals surface area (Å²) in [5.74, 6) is 0. The highest BCUT2D eigenvalue weighted by Crippen LogP contribution is 2.49. The fourth-order valence-corrected chi connectivity index (χ4v) is 14.3. The average Bonchev–Trinajstić information content (AvgIpc) is 3.50. The van der Waals surface area contributed by atoms with Crippen molar-refractivity contribution in [3.05, 3.63) is 193 Å². The lowest BCUT2D eigenvalue weighted by molar-refractivity contribution is 1.23. The maximum Gasteiger partial charge on any atom is 0.113 e. The predicted octanol–water partition coefficient (Wildman–Crippen LogP) is 14.6. The zero-order valence-electron chi connectivity index (χ0n) is 33.2. The van der Waals surface area contributed by atoms with Gasteiger partial charge in [0, 0.05) is 0 Å². The molecule has 3 aliphatic rings. The van der Waals surface area contributed by atoms with Gasteiger partial charge in [-0.15, -0.1) is 0 Å². The topological polar surface area (TPSA) is 0 Å². The van der Waals surface area contributed by atoms with Crippen LogP contribution in [0.4, 0.5) is 0 Å². The molecule has 0 aromatic heterocycles. The molecule has 0 unspecified atom stereocenters. The molecular formula is C58H40Si. The second-order valence-electron chi connectivity index (χ2n) is 17.5. The minimum atomic E-state index is -1.99. The Hall–Kier alpha value is -6.80. The monoisotopic (exact) mass is 764 g/mol. The van der Waals surface area contributed by atoms with Crippen LogP contribution >= 0.6 is 0 Å². The molecule has 0 saturated heterocycles. The molecule has 1 heteroatoms. The Labute approximate surface area is 345 Å². The van der Waals surface area contributed by atoms with Gasteiger partial charge in [-0.25, -0.2) is 0 Å². The highest BCUT2D eigenvalue weighted by molar-refractivity contribution is 7.04. The summed E-state index contributed by atoms with van der Waals surface area (Å²) in [6.07, 6.45) is 9.16. The van der Waals surface area contributed by atoms with Gasteiger partial charge in [0.25, 0.3) is 0 Å². The standard InChI is InChI=1S/C58H40Si/c1-59(2)53-20-8-7-18-45(53)49-33-51-52(34-54(49)59)57(44-26-22-36-12-4-6-14-40(36)30-44)50-31-41(27-28-47(50)56(51)43-25-21-35-11-3-5-13-39(35)29-43)48-32-42-17-9-15-37-23-24-38-16-10-19-46(48)58(38)55(37)42/h3-14,16-23,25-34H,15,24H2,1-2H3. The van der Waals surface area contributed by atoms with Crippen molar-refractivity contribution in [3.8, 4) is 44.5 Å². The highest BCUT2D eigenvalue weighted by Gasteiger charge is 2.38. The molecule has 276 valence electrons. The van der Waals surface area contributed by atoms with Crippen LogP contribution in [0.25, 0.3) is 110 Å². The van der Waals surface area contributed by atoms with E-state index in [-0.39, 0.29) is 0 Å². The molecular weight excluding hydrogens is 725 g/mol. The van der Waals surface area contributed by atoms with Crippen LogP contribution in [0.2, 0.25) is 13.1 Å². The van der Waals surface area contributed by atoms with E-state index in [0.29, 0.717) is 0 Å². The number of rotatable bonds is 3. The van der Waals surface area contributed by atoms with Gasteiger partial charge in [-0.1, -0.05) is 165 Å². The van der Waals surface area contributed by atoms with Crippen LogP contribution in [-0.4, -0.2) is 8.07 Å². The summed E-state index contributed by atoms with van der Waals surface area (Å²) in [5.41, 5.74) is 16.2. The predicted molar refractivity (Wildman–Crippen MR) is 258 cm³/mol. The zero-order valence-corrected chi connectivity index (χ0v) is 34.2. The first kappa shape index (κ1) is 33.2. The highest BCUT2D eigenvalue weighted by atomic mass is 28.3. The van der Waals surface area contributed by atoms with E-state index in [1.807, 2.05) is 0 Å². The zero-order chi connectivity index (χ0) is 39.0. The fourth-order valence-electron chi connectivity index (χ4n) is 11.2. The minimum absolute atomic E-state index is 0.995. The van der Waals surface area contributed by atoms with E-state index < -0.39 is 8.07 Å². The van der Waals surface area contributed by atoms with Gasteiger partial charge in [0.05, 0.1) is 0 Å². The lowest BCUT2D eigenvalue weighted by atomic mass is 9.78. The summed E-state index contributed by atoms with van der Waals surface area (Å²) in [6.45, 7) is 5.09. The normalized spacial score (nSPS) is 14.6. The van der Waals surface area contributed by atoms with E-state index in [4.69, 9.17) is 0 Å². The lowest BCUT2D eigenvalue weighted by Gasteiger charge is -2.25. The molecule has 0 saturated carbocycles. The van der Waals surface area contributed by atoms with Crippen molar-refractivity contribution in [2.24, 2.45) is 0 Å². The summed E-state index contributed by atoms with van der Waals surface area (Å²) in [4.78, 5) is 0. The molecule has 2 aliphatic carbocycles. The quantitative estimate of drug-likeness (QED) is 0.124. The van der Waals surface area contributed by atoms with E-state index in [9.17, 15) is 0 Å². The molecule has 0 amide bonds. The molecule has 0 spiro atoms. The van der Waals surface area contributed by atoms with Gasteiger partial charge in [-0.3, -0.25) is 0 Å². The molecule has 1 aliphatic heterocycles. The first-order valence-corrected chi connectivity index (χ1v) is 24.1. The SMILES string of the molecule is C[Si]1(C)c2ccccc2-c2cc3c(-c4ccc5ccccc5c4)c4ccc(-c5cc6c7c8c(cccc58)CC=C7CC=C6)cc4c(-c4ccc5ccccc5c4)c3cc21. The third-order valence-corrected chi connectivity index (χ3v) is 17.6. The fraction of sp³-hybridized carbons (Fsp3) is 0.0690. The van der Waals surface area contributed by atoms with Gasteiger partial charge in [0.1, 0.15) is 8.07 Å². The van der Waals surface area contributed by atoms with Crippen molar-refractivity contribution >= 4 is 84.0 Å². The van der Waals surface area contributed by atoms with Crippen LogP contribution in [0.1, 0.15) is 23.1 Å². The maximum atomic E-state index is 2.63. The summed E-state index contributed by atoms with van der Waals surface area (Å²) in [5, 5.41) is 16.2. The minimum Gasteiger partial charge on any atom is -0.0795 e. The molecule has 0 fully saturated rings. The molecule has 0 bridgehead atoms. The third-order valence-electron chi connectivity index (χ3n) is 14.0. The summed E-state index contributed by atoms with van der Waals surface area (Å²) in [6, 6.07) is 63.0. The summed E-state index contributed by atoms with van der Waals surface area (Å²) in [7, 11) is -1.99. The van der Waals surface area contributed by atoms with Crippen molar-refractivity contribution < 1.29 is 0 Å². The van der Waals surface area contributed by atoms with Crippen molar-refractivity contribution in [2.45, 2.75) is 25.9 Å². The van der Waals surface area contributed by atoms with E-state index in [1.54, 1.807) is 0 Å². The van der Waals surface area contributed by atoms with E-state index in [0.717, 1.165) is 12.8 Å². The van der Waals surface area contributed by atoms with Gasteiger partial charge in [-0.2, -0.15) is 0 Å². The van der Waals surface area contributed by atoms with E-state index >= 15 is 0 Å². The Balaban J connectivity index is 1.20. The number of fused-ring (bicyclic) bond motifs is 7. The molecule has 0 nitrogen and oxygen atoms in total. The molecule has 1 heterocycles. The third kappa shape index (κ3) is 4.71. The van der Waals surface area contributed by atoms with Crippen molar-refractivity contribution in [1.82, 2.24) is 0 Å². The number of hydrogen-bond acceptors (Lipinski definition) is 0. The molecule has 0 atom stereocenters. The second kappa shape index (κ2) is 12.1. The van der Waals surface area contributed by atoms with Crippen molar-refractivity contribution in [2.75, 3.05) is 0 Å². The van der Waals surface area contributed by atoms with Gasteiger partial charge in [0.2, 0.25) is 0 Å². The van der Waals surface area contributed by atoms with E-state index in [1.165, 1.54) is 131 Å². The van der Waals surface area contributed by atoms with Crippen LogP contribution < -0.4 is 10.4 Å². The van der Waals surface area contributed by atoms with Crippen LogP contribution in [0.15, 0.2) is 176 Å². The molecule has 10 aromatic rings. The van der Waals surface area contributed by atoms with Crippen molar-refractivity contribution in [1.29, 1.82) is 0 Å². The van der Waals surface area contributed by atoms with Gasteiger partial charge >= 0.3 is 0 Å².